The number of hydrogen-bond donors (Lipinski definition) is 0. The molecule has 0 bridgehead atoms. The molecule has 0 spiro atoms. The van der Waals surface area contributed by atoms with E-state index in [2.05, 4.69) is 6.58 Å². The van der Waals surface area contributed by atoms with Crippen LogP contribution in [0.4, 0.5) is 0 Å². The van der Waals surface area contributed by atoms with Crippen LogP contribution in [0.2, 0.25) is 0 Å². The van der Waals surface area contributed by atoms with E-state index in [1.807, 2.05) is 27.7 Å². The molecule has 0 saturated carbocycles. The fraction of sp³-hybridized carbons (Fsp3) is 0.750. The molecule has 0 aromatic heterocycles. The highest BCUT2D eigenvalue weighted by molar-refractivity contribution is 5.93. The summed E-state index contributed by atoms with van der Waals surface area (Å²) in [7, 11) is 0. The highest BCUT2D eigenvalue weighted by Crippen LogP contribution is 2.24. The third kappa shape index (κ3) is 5.09. The summed E-state index contributed by atoms with van der Waals surface area (Å²) in [6, 6.07) is 0. The van der Waals surface area contributed by atoms with Crippen molar-refractivity contribution in [3.8, 4) is 0 Å². The molecule has 88 valence electrons. The molecule has 0 saturated heterocycles. The molecule has 0 fully saturated rings. The van der Waals surface area contributed by atoms with Crippen LogP contribution < -0.4 is 0 Å². The summed E-state index contributed by atoms with van der Waals surface area (Å²) >= 11 is 0. The van der Waals surface area contributed by atoms with Gasteiger partial charge in [0.05, 0.1) is 0 Å². The van der Waals surface area contributed by atoms with E-state index >= 15 is 0 Å². The van der Waals surface area contributed by atoms with Gasteiger partial charge in [-0.15, -0.1) is 0 Å². The quantitative estimate of drug-likeness (QED) is 0.503. The van der Waals surface area contributed by atoms with Crippen molar-refractivity contribution in [1.29, 1.82) is 0 Å². The van der Waals surface area contributed by atoms with Crippen LogP contribution >= 0.6 is 0 Å². The Bertz CT molecular complexity index is 215. The third-order valence-corrected chi connectivity index (χ3v) is 1.98. The lowest BCUT2D eigenvalue weighted by Crippen LogP contribution is -2.39. The summed E-state index contributed by atoms with van der Waals surface area (Å²) in [6.45, 7) is 13.6. The van der Waals surface area contributed by atoms with Crippen molar-refractivity contribution in [2.45, 2.75) is 47.0 Å². The Morgan fingerprint density at radius 1 is 1.47 bits per heavy atom. The molecule has 0 aliphatic carbocycles. The van der Waals surface area contributed by atoms with Crippen LogP contribution in [0.15, 0.2) is 12.7 Å². The molecular formula is C12H22O3. The molecule has 3 nitrogen and oxygen atoms in total. The second kappa shape index (κ2) is 6.03. The smallest absolute Gasteiger partial charge is 0.184 e. The van der Waals surface area contributed by atoms with Gasteiger partial charge in [-0.2, -0.15) is 0 Å². The van der Waals surface area contributed by atoms with Gasteiger partial charge in [0.15, 0.2) is 12.1 Å². The van der Waals surface area contributed by atoms with E-state index in [9.17, 15) is 4.79 Å². The molecule has 0 radical (unpaired) electrons. The van der Waals surface area contributed by atoms with Gasteiger partial charge in [-0.1, -0.05) is 27.4 Å². The van der Waals surface area contributed by atoms with Gasteiger partial charge in [-0.25, -0.2) is 0 Å². The Balaban J connectivity index is 4.52. The molecule has 0 aromatic rings. The molecule has 0 aliphatic rings. The van der Waals surface area contributed by atoms with Crippen LogP contribution in [-0.4, -0.2) is 24.8 Å². The van der Waals surface area contributed by atoms with E-state index in [-0.39, 0.29) is 17.5 Å². The lowest BCUT2D eigenvalue weighted by atomic mass is 9.86. The normalized spacial score (nSPS) is 15.8. The lowest BCUT2D eigenvalue weighted by Gasteiger charge is -2.30. The fourth-order valence-corrected chi connectivity index (χ4v) is 1.27. The number of rotatable bonds is 6. The number of carbonyl (C=O) groups excluding carboxylic acids is 1. The number of ether oxygens (including phenoxy) is 2. The van der Waals surface area contributed by atoms with Gasteiger partial charge in [0.1, 0.15) is 6.10 Å². The molecule has 0 rings (SSSR count). The molecule has 0 heterocycles. The maximum absolute atomic E-state index is 11.6. The standard InChI is InChI=1S/C12H22O3/c1-7-10(13)11(12(4,5)6)15-9(3)14-8-2/h7,9,11H,1,8H2,2-6H3/t9?,11-/m1/s1. The Morgan fingerprint density at radius 2 is 2.00 bits per heavy atom. The van der Waals surface area contributed by atoms with Crippen molar-refractivity contribution >= 4 is 5.78 Å². The Labute approximate surface area is 92.5 Å². The van der Waals surface area contributed by atoms with E-state index in [1.54, 1.807) is 6.92 Å². The Kier molecular flexibility index (Phi) is 5.76. The molecule has 0 N–H and O–H groups in total. The van der Waals surface area contributed by atoms with Gasteiger partial charge in [0, 0.05) is 6.61 Å². The first-order valence-corrected chi connectivity index (χ1v) is 5.26. The fourth-order valence-electron chi connectivity index (χ4n) is 1.27. The van der Waals surface area contributed by atoms with Crippen LogP contribution in [0, 0.1) is 5.41 Å². The first-order chi connectivity index (χ1) is 6.82. The third-order valence-electron chi connectivity index (χ3n) is 1.98. The van der Waals surface area contributed by atoms with Gasteiger partial charge in [0.25, 0.3) is 0 Å². The van der Waals surface area contributed by atoms with E-state index in [1.165, 1.54) is 6.08 Å². The van der Waals surface area contributed by atoms with Crippen LogP contribution in [0.5, 0.6) is 0 Å². The van der Waals surface area contributed by atoms with E-state index in [0.717, 1.165) is 0 Å². The molecule has 1 unspecified atom stereocenters. The molecule has 2 atom stereocenters. The van der Waals surface area contributed by atoms with Gasteiger partial charge in [-0.3, -0.25) is 4.79 Å². The first-order valence-electron chi connectivity index (χ1n) is 5.26. The molecule has 15 heavy (non-hydrogen) atoms. The second-order valence-corrected chi connectivity index (χ2v) is 4.51. The van der Waals surface area contributed by atoms with Crippen molar-refractivity contribution in [3.05, 3.63) is 12.7 Å². The number of ketones is 1. The molecule has 3 heteroatoms. The monoisotopic (exact) mass is 214 g/mol. The summed E-state index contributed by atoms with van der Waals surface area (Å²) in [4.78, 5) is 11.6. The summed E-state index contributed by atoms with van der Waals surface area (Å²) in [5.41, 5.74) is -0.253. The van der Waals surface area contributed by atoms with Gasteiger partial charge < -0.3 is 9.47 Å². The van der Waals surface area contributed by atoms with Gasteiger partial charge in [0.2, 0.25) is 0 Å². The number of carbonyl (C=O) groups is 1. The van der Waals surface area contributed by atoms with Gasteiger partial charge >= 0.3 is 0 Å². The topological polar surface area (TPSA) is 35.5 Å². The zero-order valence-electron chi connectivity index (χ0n) is 10.4. The van der Waals surface area contributed by atoms with E-state index in [0.29, 0.717) is 6.61 Å². The maximum Gasteiger partial charge on any atom is 0.184 e. The van der Waals surface area contributed by atoms with Crippen molar-refractivity contribution < 1.29 is 14.3 Å². The van der Waals surface area contributed by atoms with Crippen molar-refractivity contribution in [2.24, 2.45) is 5.41 Å². The SMILES string of the molecule is C=CC(=O)[C@@H](OC(C)OCC)C(C)(C)C. The predicted molar refractivity (Wildman–Crippen MR) is 60.6 cm³/mol. The summed E-state index contributed by atoms with van der Waals surface area (Å²) < 4.78 is 10.8. The minimum atomic E-state index is -0.503. The summed E-state index contributed by atoms with van der Waals surface area (Å²) in [6.07, 6.45) is 0.425. The largest absolute Gasteiger partial charge is 0.353 e. The van der Waals surface area contributed by atoms with Crippen molar-refractivity contribution in [1.82, 2.24) is 0 Å². The van der Waals surface area contributed by atoms with Crippen LogP contribution in [0.3, 0.4) is 0 Å². The minimum absolute atomic E-state index is 0.103. The Morgan fingerprint density at radius 3 is 2.33 bits per heavy atom. The highest BCUT2D eigenvalue weighted by atomic mass is 16.7. The van der Waals surface area contributed by atoms with Crippen LogP contribution in [0.1, 0.15) is 34.6 Å². The zero-order chi connectivity index (χ0) is 12.1. The molecule has 0 aliphatic heterocycles. The Hall–Kier alpha value is -0.670. The zero-order valence-corrected chi connectivity index (χ0v) is 10.4. The van der Waals surface area contributed by atoms with Crippen LogP contribution in [0.25, 0.3) is 0 Å². The number of hydrogen-bond acceptors (Lipinski definition) is 3. The molecule has 0 amide bonds. The van der Waals surface area contributed by atoms with Gasteiger partial charge in [-0.05, 0) is 25.3 Å². The van der Waals surface area contributed by atoms with Crippen LogP contribution in [-0.2, 0) is 14.3 Å². The van der Waals surface area contributed by atoms with E-state index in [4.69, 9.17) is 9.47 Å². The van der Waals surface area contributed by atoms with Crippen molar-refractivity contribution in [2.75, 3.05) is 6.61 Å². The highest BCUT2D eigenvalue weighted by Gasteiger charge is 2.32. The van der Waals surface area contributed by atoms with Crippen molar-refractivity contribution in [3.63, 3.8) is 0 Å². The molecular weight excluding hydrogens is 192 g/mol. The average molecular weight is 214 g/mol. The summed E-state index contributed by atoms with van der Waals surface area (Å²) in [5.74, 6) is -0.103. The minimum Gasteiger partial charge on any atom is -0.353 e. The maximum atomic E-state index is 11.6. The predicted octanol–water partition coefficient (Wildman–Crippen LogP) is 2.56. The first kappa shape index (κ1) is 14.3. The molecule has 0 aromatic carbocycles. The summed E-state index contributed by atoms with van der Waals surface area (Å²) in [5, 5.41) is 0. The average Bonchev–Trinajstić information content (AvgIpc) is 2.12. The van der Waals surface area contributed by atoms with E-state index < -0.39 is 6.10 Å². The second-order valence-electron chi connectivity index (χ2n) is 4.51. The lowest BCUT2D eigenvalue weighted by molar-refractivity contribution is -0.184.